The first-order valence-corrected chi connectivity index (χ1v) is 7.14. The van der Waals surface area contributed by atoms with Crippen LogP contribution in [0.3, 0.4) is 0 Å². The van der Waals surface area contributed by atoms with E-state index in [-0.39, 0.29) is 5.91 Å². The quantitative estimate of drug-likeness (QED) is 0.845. The van der Waals surface area contributed by atoms with E-state index in [1.54, 1.807) is 7.05 Å². The van der Waals surface area contributed by atoms with Gasteiger partial charge in [-0.15, -0.1) is 10.2 Å². The Morgan fingerprint density at radius 2 is 2.28 bits per heavy atom. The minimum atomic E-state index is 0.0283. The molecule has 2 aliphatic rings. The van der Waals surface area contributed by atoms with Crippen LogP contribution in [0.1, 0.15) is 22.6 Å². The Hall–Kier alpha value is -1.21. The second-order valence-electron chi connectivity index (χ2n) is 4.75. The normalized spacial score (nSPS) is 24.1. The van der Waals surface area contributed by atoms with Gasteiger partial charge in [0.15, 0.2) is 0 Å². The predicted octanol–water partition coefficient (Wildman–Crippen LogP) is 0.500. The van der Waals surface area contributed by atoms with Gasteiger partial charge in [-0.1, -0.05) is 11.3 Å². The van der Waals surface area contributed by atoms with Crippen molar-refractivity contribution in [1.29, 1.82) is 0 Å². The second-order valence-corrected chi connectivity index (χ2v) is 5.72. The number of nitrogens with zero attached hydrogens (tertiary/aromatic N) is 4. The van der Waals surface area contributed by atoms with Gasteiger partial charge in [0, 0.05) is 32.7 Å². The molecule has 1 N–H and O–H groups in total. The number of fused-ring (bicyclic) bond motifs is 1. The average molecular weight is 267 g/mol. The maximum atomic E-state index is 12.3. The third-order valence-corrected chi connectivity index (χ3v) is 4.63. The molecule has 1 unspecified atom stereocenters. The smallest absolute Gasteiger partial charge is 0.285 e. The molecular weight excluding hydrogens is 250 g/mol. The Morgan fingerprint density at radius 1 is 1.39 bits per heavy atom. The molecule has 0 saturated carbocycles. The molecule has 18 heavy (non-hydrogen) atoms. The maximum Gasteiger partial charge on any atom is 0.285 e. The van der Waals surface area contributed by atoms with Crippen LogP contribution in [0.2, 0.25) is 0 Å². The van der Waals surface area contributed by atoms with Crippen LogP contribution in [-0.2, 0) is 0 Å². The number of piperazine rings is 1. The van der Waals surface area contributed by atoms with Gasteiger partial charge in [0.05, 0.1) is 0 Å². The van der Waals surface area contributed by atoms with Crippen LogP contribution in [-0.4, -0.2) is 65.2 Å². The van der Waals surface area contributed by atoms with Crippen molar-refractivity contribution in [3.63, 3.8) is 0 Å². The van der Waals surface area contributed by atoms with E-state index < -0.39 is 0 Å². The Morgan fingerprint density at radius 3 is 3.06 bits per heavy atom. The predicted molar refractivity (Wildman–Crippen MR) is 70.0 cm³/mol. The van der Waals surface area contributed by atoms with Crippen molar-refractivity contribution in [3.8, 4) is 0 Å². The van der Waals surface area contributed by atoms with E-state index in [9.17, 15) is 4.79 Å². The molecule has 3 heterocycles. The van der Waals surface area contributed by atoms with Gasteiger partial charge >= 0.3 is 0 Å². The standard InChI is InChI=1S/C11H17N5OS/c1-12-11-14-13-9(18-11)10(17)16-6-5-15-4-2-3-8(15)7-16/h8H,2-7H2,1H3,(H,12,14). The molecule has 6 nitrogen and oxygen atoms in total. The average Bonchev–Trinajstić information content (AvgIpc) is 3.05. The summed E-state index contributed by atoms with van der Waals surface area (Å²) in [6.45, 7) is 3.83. The van der Waals surface area contributed by atoms with Gasteiger partial charge in [-0.3, -0.25) is 9.69 Å². The molecule has 3 rings (SSSR count). The van der Waals surface area contributed by atoms with Gasteiger partial charge in [-0.2, -0.15) is 0 Å². The number of hydrogen-bond donors (Lipinski definition) is 1. The highest BCUT2D eigenvalue weighted by Crippen LogP contribution is 2.23. The lowest BCUT2D eigenvalue weighted by Gasteiger charge is -2.36. The lowest BCUT2D eigenvalue weighted by molar-refractivity contribution is 0.0570. The van der Waals surface area contributed by atoms with E-state index in [2.05, 4.69) is 20.4 Å². The molecule has 98 valence electrons. The number of carbonyl (C=O) groups excluding carboxylic acids is 1. The molecule has 1 aromatic rings. The van der Waals surface area contributed by atoms with Crippen LogP contribution in [0.5, 0.6) is 0 Å². The molecule has 0 bridgehead atoms. The lowest BCUT2D eigenvalue weighted by Crippen LogP contribution is -2.52. The first-order valence-electron chi connectivity index (χ1n) is 6.32. The highest BCUT2D eigenvalue weighted by atomic mass is 32.1. The van der Waals surface area contributed by atoms with Gasteiger partial charge in [0.2, 0.25) is 10.1 Å². The van der Waals surface area contributed by atoms with E-state index in [0.717, 1.165) is 19.6 Å². The summed E-state index contributed by atoms with van der Waals surface area (Å²) in [5.41, 5.74) is 0. The highest BCUT2D eigenvalue weighted by molar-refractivity contribution is 7.17. The zero-order valence-electron chi connectivity index (χ0n) is 10.4. The number of carbonyl (C=O) groups is 1. The van der Waals surface area contributed by atoms with Crippen LogP contribution >= 0.6 is 11.3 Å². The van der Waals surface area contributed by atoms with E-state index in [0.29, 0.717) is 16.2 Å². The van der Waals surface area contributed by atoms with Crippen LogP contribution < -0.4 is 5.32 Å². The highest BCUT2D eigenvalue weighted by Gasteiger charge is 2.33. The van der Waals surface area contributed by atoms with E-state index in [4.69, 9.17) is 0 Å². The number of rotatable bonds is 2. The second kappa shape index (κ2) is 4.81. The van der Waals surface area contributed by atoms with Crippen molar-refractivity contribution >= 4 is 22.4 Å². The summed E-state index contributed by atoms with van der Waals surface area (Å²) >= 11 is 1.32. The Labute approximate surface area is 110 Å². The van der Waals surface area contributed by atoms with Gasteiger partial charge < -0.3 is 10.2 Å². The molecule has 2 fully saturated rings. The first-order chi connectivity index (χ1) is 8.78. The third-order valence-electron chi connectivity index (χ3n) is 3.70. The summed E-state index contributed by atoms with van der Waals surface area (Å²) in [7, 11) is 1.78. The first kappa shape index (κ1) is 11.9. The number of aromatic nitrogens is 2. The molecule has 1 amide bonds. The topological polar surface area (TPSA) is 61.4 Å². The molecule has 0 aliphatic carbocycles. The summed E-state index contributed by atoms with van der Waals surface area (Å²) < 4.78 is 0. The fourth-order valence-corrected chi connectivity index (χ4v) is 3.39. The molecule has 0 aromatic carbocycles. The monoisotopic (exact) mass is 267 g/mol. The van der Waals surface area contributed by atoms with Crippen molar-refractivity contribution in [1.82, 2.24) is 20.0 Å². The Balaban J connectivity index is 1.69. The summed E-state index contributed by atoms with van der Waals surface area (Å²) in [5, 5.41) is 12.0. The summed E-state index contributed by atoms with van der Waals surface area (Å²) in [4.78, 5) is 16.7. The van der Waals surface area contributed by atoms with Gasteiger partial charge in [0.1, 0.15) is 0 Å². The molecule has 2 saturated heterocycles. The zero-order chi connectivity index (χ0) is 12.5. The molecule has 0 spiro atoms. The Bertz CT molecular complexity index is 448. The van der Waals surface area contributed by atoms with Crippen molar-refractivity contribution in [3.05, 3.63) is 5.01 Å². The summed E-state index contributed by atoms with van der Waals surface area (Å²) in [5.74, 6) is 0.0283. The number of anilines is 1. The van der Waals surface area contributed by atoms with Crippen LogP contribution in [0.25, 0.3) is 0 Å². The lowest BCUT2D eigenvalue weighted by atomic mass is 10.1. The SMILES string of the molecule is CNc1nnc(C(=O)N2CCN3CCCC3C2)s1. The van der Waals surface area contributed by atoms with Crippen LogP contribution in [0.4, 0.5) is 5.13 Å². The van der Waals surface area contributed by atoms with Crippen molar-refractivity contribution in [2.45, 2.75) is 18.9 Å². The maximum absolute atomic E-state index is 12.3. The molecule has 2 aliphatic heterocycles. The molecule has 0 radical (unpaired) electrons. The number of nitrogens with one attached hydrogen (secondary N) is 1. The third kappa shape index (κ3) is 2.08. The summed E-state index contributed by atoms with van der Waals surface area (Å²) in [6.07, 6.45) is 2.47. The molecule has 1 atom stereocenters. The Kier molecular flexibility index (Phi) is 3.17. The number of amides is 1. The fourth-order valence-electron chi connectivity index (χ4n) is 2.72. The molecular formula is C11H17N5OS. The van der Waals surface area contributed by atoms with Crippen LogP contribution in [0, 0.1) is 0 Å². The largest absolute Gasteiger partial charge is 0.363 e. The van der Waals surface area contributed by atoms with E-state index in [1.165, 1.54) is 30.7 Å². The van der Waals surface area contributed by atoms with Crippen molar-refractivity contribution < 1.29 is 4.79 Å². The summed E-state index contributed by atoms with van der Waals surface area (Å²) in [6, 6.07) is 0.555. The zero-order valence-corrected chi connectivity index (χ0v) is 11.2. The fraction of sp³-hybridized carbons (Fsp3) is 0.727. The van der Waals surface area contributed by atoms with Gasteiger partial charge in [-0.25, -0.2) is 0 Å². The minimum absolute atomic E-state index is 0.0283. The molecule has 7 heteroatoms. The molecule has 1 aromatic heterocycles. The minimum Gasteiger partial charge on any atom is -0.363 e. The van der Waals surface area contributed by atoms with Crippen LogP contribution in [0.15, 0.2) is 0 Å². The van der Waals surface area contributed by atoms with Crippen molar-refractivity contribution in [2.75, 3.05) is 38.5 Å². The number of hydrogen-bond acceptors (Lipinski definition) is 6. The van der Waals surface area contributed by atoms with E-state index in [1.807, 2.05) is 4.90 Å². The van der Waals surface area contributed by atoms with Crippen molar-refractivity contribution in [2.24, 2.45) is 0 Å². The van der Waals surface area contributed by atoms with Gasteiger partial charge in [0.25, 0.3) is 5.91 Å². The van der Waals surface area contributed by atoms with Gasteiger partial charge in [-0.05, 0) is 19.4 Å². The van der Waals surface area contributed by atoms with E-state index >= 15 is 0 Å².